The Labute approximate surface area is 102 Å². The largest absolute Gasteiger partial charge is 0.398 e. The molecule has 78 valence electrons. The van der Waals surface area contributed by atoms with Crippen molar-refractivity contribution in [2.45, 2.75) is 0 Å². The van der Waals surface area contributed by atoms with Gasteiger partial charge in [-0.3, -0.25) is 4.99 Å². The Morgan fingerprint density at radius 2 is 2.13 bits per heavy atom. The van der Waals surface area contributed by atoms with Gasteiger partial charge in [-0.25, -0.2) is 4.39 Å². The van der Waals surface area contributed by atoms with Gasteiger partial charge in [-0.1, -0.05) is 18.7 Å². The van der Waals surface area contributed by atoms with E-state index in [2.05, 4.69) is 11.6 Å². The summed E-state index contributed by atoms with van der Waals surface area (Å²) in [6, 6.07) is 6.35. The highest BCUT2D eigenvalue weighted by molar-refractivity contribution is 14.1. The lowest BCUT2D eigenvalue weighted by molar-refractivity contribution is 0.624. The summed E-state index contributed by atoms with van der Waals surface area (Å²) in [7, 11) is 0. The molecule has 1 rings (SSSR count). The molecule has 0 unspecified atom stereocenters. The number of rotatable bonds is 3. The van der Waals surface area contributed by atoms with Gasteiger partial charge >= 0.3 is 0 Å². The standard InChI is InChI=1S/C11H10FIN2/c1-2-15-11(13)7-10(14)8-5-3-4-6-9(8)12/h2-7H,1,14H2/b10-7-,15-11+. The molecule has 2 nitrogen and oxygen atoms in total. The van der Waals surface area contributed by atoms with E-state index < -0.39 is 0 Å². The molecule has 0 atom stereocenters. The number of benzene rings is 1. The van der Waals surface area contributed by atoms with Crippen LogP contribution < -0.4 is 5.73 Å². The van der Waals surface area contributed by atoms with E-state index in [0.717, 1.165) is 0 Å². The number of halogens is 2. The van der Waals surface area contributed by atoms with Crippen molar-refractivity contribution in [1.29, 1.82) is 0 Å². The SMILES string of the molecule is C=C/N=C(I)\C=C(/N)c1ccccc1F. The van der Waals surface area contributed by atoms with Crippen molar-refractivity contribution in [2.24, 2.45) is 10.7 Å². The molecule has 0 saturated heterocycles. The maximum absolute atomic E-state index is 13.3. The molecule has 0 spiro atoms. The lowest BCUT2D eigenvalue weighted by Crippen LogP contribution is -2.00. The van der Waals surface area contributed by atoms with E-state index in [1.807, 2.05) is 22.6 Å². The molecular weight excluding hydrogens is 306 g/mol. The van der Waals surface area contributed by atoms with Gasteiger partial charge in [0.05, 0.1) is 0 Å². The second-order valence-corrected chi connectivity index (χ2v) is 3.82. The van der Waals surface area contributed by atoms with Gasteiger partial charge in [-0.2, -0.15) is 0 Å². The van der Waals surface area contributed by atoms with Gasteiger partial charge in [0.2, 0.25) is 0 Å². The van der Waals surface area contributed by atoms with E-state index >= 15 is 0 Å². The van der Waals surface area contributed by atoms with Crippen LogP contribution in [0.1, 0.15) is 5.56 Å². The van der Waals surface area contributed by atoms with E-state index in [4.69, 9.17) is 5.73 Å². The Bertz CT molecular complexity index is 424. The van der Waals surface area contributed by atoms with Crippen LogP contribution in [0.15, 0.2) is 48.1 Å². The highest BCUT2D eigenvalue weighted by atomic mass is 127. The molecule has 0 heterocycles. The van der Waals surface area contributed by atoms with Crippen molar-refractivity contribution in [1.82, 2.24) is 0 Å². The summed E-state index contributed by atoms with van der Waals surface area (Å²) < 4.78 is 13.9. The van der Waals surface area contributed by atoms with Crippen LogP contribution in [0.3, 0.4) is 0 Å². The van der Waals surface area contributed by atoms with E-state index in [1.54, 1.807) is 24.3 Å². The van der Waals surface area contributed by atoms with Gasteiger partial charge in [0, 0.05) is 17.5 Å². The summed E-state index contributed by atoms with van der Waals surface area (Å²) in [5, 5.41) is 0. The number of hydrogen-bond acceptors (Lipinski definition) is 2. The highest BCUT2D eigenvalue weighted by Gasteiger charge is 2.03. The van der Waals surface area contributed by atoms with Gasteiger partial charge in [0.25, 0.3) is 0 Å². The molecule has 0 aliphatic rings. The van der Waals surface area contributed by atoms with Crippen molar-refractivity contribution >= 4 is 32.0 Å². The van der Waals surface area contributed by atoms with Crippen molar-refractivity contribution in [3.8, 4) is 0 Å². The average Bonchev–Trinajstić information content (AvgIpc) is 2.18. The third-order valence-electron chi connectivity index (χ3n) is 1.67. The van der Waals surface area contributed by atoms with Crippen LogP contribution in [0.5, 0.6) is 0 Å². The summed E-state index contributed by atoms with van der Waals surface area (Å²) in [6.45, 7) is 3.46. The maximum atomic E-state index is 13.3. The zero-order chi connectivity index (χ0) is 11.3. The molecule has 1 aromatic carbocycles. The smallest absolute Gasteiger partial charge is 0.132 e. The summed E-state index contributed by atoms with van der Waals surface area (Å²) in [5.74, 6) is -0.339. The summed E-state index contributed by atoms with van der Waals surface area (Å²) in [4.78, 5) is 3.91. The molecule has 0 bridgehead atoms. The number of nitrogens with zero attached hydrogens (tertiary/aromatic N) is 1. The molecule has 0 aromatic heterocycles. The average molecular weight is 316 g/mol. The Morgan fingerprint density at radius 1 is 1.47 bits per heavy atom. The highest BCUT2D eigenvalue weighted by Crippen LogP contribution is 2.14. The van der Waals surface area contributed by atoms with Crippen LogP contribution in [0.2, 0.25) is 0 Å². The molecule has 1 aromatic rings. The first-order valence-electron chi connectivity index (χ1n) is 4.21. The van der Waals surface area contributed by atoms with Crippen molar-refractivity contribution < 1.29 is 4.39 Å². The zero-order valence-electron chi connectivity index (χ0n) is 7.95. The Balaban J connectivity index is 3.04. The first kappa shape index (κ1) is 11.9. The fraction of sp³-hybridized carbons (Fsp3) is 0. The molecule has 0 saturated carbocycles. The normalized spacial score (nSPS) is 12.7. The monoisotopic (exact) mass is 316 g/mol. The molecular formula is C11H10FIN2. The lowest BCUT2D eigenvalue weighted by Gasteiger charge is -2.02. The number of aliphatic imine (C=N–C) groups is 1. The molecule has 0 fully saturated rings. The Kier molecular flexibility index (Phi) is 4.48. The van der Waals surface area contributed by atoms with Gasteiger partial charge in [-0.15, -0.1) is 0 Å². The van der Waals surface area contributed by atoms with E-state index in [-0.39, 0.29) is 5.82 Å². The predicted octanol–water partition coefficient (Wildman–Crippen LogP) is 3.10. The van der Waals surface area contributed by atoms with Crippen molar-refractivity contribution in [2.75, 3.05) is 0 Å². The van der Waals surface area contributed by atoms with Gasteiger partial charge < -0.3 is 5.73 Å². The molecule has 15 heavy (non-hydrogen) atoms. The Hall–Kier alpha value is -1.17. The van der Waals surface area contributed by atoms with Crippen LogP contribution in [0, 0.1) is 5.82 Å². The quantitative estimate of drug-likeness (QED) is 0.675. The first-order valence-corrected chi connectivity index (χ1v) is 5.29. The number of allylic oxidation sites excluding steroid dienone is 1. The van der Waals surface area contributed by atoms with E-state index in [1.165, 1.54) is 12.3 Å². The Morgan fingerprint density at radius 3 is 2.73 bits per heavy atom. The molecule has 0 amide bonds. The predicted molar refractivity (Wildman–Crippen MR) is 70.2 cm³/mol. The third kappa shape index (κ3) is 3.47. The van der Waals surface area contributed by atoms with Crippen molar-refractivity contribution in [3.63, 3.8) is 0 Å². The van der Waals surface area contributed by atoms with Crippen LogP contribution in [0.25, 0.3) is 5.70 Å². The van der Waals surface area contributed by atoms with Gasteiger partial charge in [-0.05, 0) is 40.8 Å². The first-order chi connectivity index (χ1) is 7.15. The van der Waals surface area contributed by atoms with Crippen molar-refractivity contribution in [3.05, 3.63) is 54.5 Å². The topological polar surface area (TPSA) is 38.4 Å². The third-order valence-corrected chi connectivity index (χ3v) is 2.26. The second-order valence-electron chi connectivity index (χ2n) is 2.71. The van der Waals surface area contributed by atoms with Crippen LogP contribution >= 0.6 is 22.6 Å². The maximum Gasteiger partial charge on any atom is 0.132 e. The van der Waals surface area contributed by atoms with E-state index in [9.17, 15) is 4.39 Å². The lowest BCUT2D eigenvalue weighted by atomic mass is 10.1. The van der Waals surface area contributed by atoms with E-state index in [0.29, 0.717) is 15.0 Å². The molecule has 0 aliphatic carbocycles. The molecule has 2 N–H and O–H groups in total. The minimum absolute atomic E-state index is 0.339. The number of nitrogens with two attached hydrogens (primary N) is 1. The fourth-order valence-corrected chi connectivity index (χ4v) is 1.56. The minimum atomic E-state index is -0.339. The van der Waals surface area contributed by atoms with Crippen LogP contribution in [-0.4, -0.2) is 3.72 Å². The molecule has 0 radical (unpaired) electrons. The number of hydrogen-bond donors (Lipinski definition) is 1. The van der Waals surface area contributed by atoms with Crippen LogP contribution in [0.4, 0.5) is 4.39 Å². The van der Waals surface area contributed by atoms with Gasteiger partial charge in [0.15, 0.2) is 0 Å². The summed E-state index contributed by atoms with van der Waals surface area (Å²) >= 11 is 2.00. The fourth-order valence-electron chi connectivity index (χ4n) is 1.03. The molecule has 0 aliphatic heterocycles. The van der Waals surface area contributed by atoms with Gasteiger partial charge in [0.1, 0.15) is 9.54 Å². The zero-order valence-corrected chi connectivity index (χ0v) is 10.1. The second kappa shape index (κ2) is 5.65. The minimum Gasteiger partial charge on any atom is -0.398 e. The van der Waals surface area contributed by atoms with Crippen LogP contribution in [-0.2, 0) is 0 Å². The summed E-state index contributed by atoms with van der Waals surface area (Å²) in [6.07, 6.45) is 3.01. The summed E-state index contributed by atoms with van der Waals surface area (Å²) in [5.41, 5.74) is 6.46. The molecule has 4 heteroatoms.